The van der Waals surface area contributed by atoms with E-state index in [-0.39, 0.29) is 5.76 Å². The summed E-state index contributed by atoms with van der Waals surface area (Å²) in [5.41, 5.74) is 0. The van der Waals surface area contributed by atoms with Gasteiger partial charge in [0, 0.05) is 6.42 Å². The quantitative estimate of drug-likeness (QED) is 0.495. The van der Waals surface area contributed by atoms with Gasteiger partial charge in [0.15, 0.2) is 5.03 Å². The molecule has 0 spiro atoms. The number of halogens is 1. The molecule has 58 valence electrons. The maximum atomic E-state index is 10.1. The fourth-order valence-corrected chi connectivity index (χ4v) is 0.564. The maximum Gasteiger partial charge on any atom is 0.350 e. The monoisotopic (exact) mass is 164 g/mol. The summed E-state index contributed by atoms with van der Waals surface area (Å²) >= 11 is 5.18. The van der Waals surface area contributed by atoms with E-state index in [9.17, 15) is 4.79 Å². The number of hydrogen-bond donors (Lipinski definition) is 2. The average molecular weight is 165 g/mol. The van der Waals surface area contributed by atoms with Crippen LogP contribution >= 0.6 is 11.6 Å². The zero-order chi connectivity index (χ0) is 8.15. The molecule has 0 atom stereocenters. The van der Waals surface area contributed by atoms with E-state index in [1.807, 2.05) is 6.92 Å². The average Bonchev–Trinajstić information content (AvgIpc) is 1.87. The van der Waals surface area contributed by atoms with Crippen molar-refractivity contribution in [3.8, 4) is 0 Å². The van der Waals surface area contributed by atoms with Gasteiger partial charge in [0.1, 0.15) is 5.76 Å². The summed E-state index contributed by atoms with van der Waals surface area (Å²) in [6.07, 6.45) is 0.987. The Labute approximate surface area is 63.9 Å². The van der Waals surface area contributed by atoms with Crippen molar-refractivity contribution in [2.24, 2.45) is 0 Å². The SMILES string of the molecule is CCC/C(O)=C(/Cl)C(=O)O. The first-order valence-electron chi connectivity index (χ1n) is 2.90. The highest BCUT2D eigenvalue weighted by Crippen LogP contribution is 2.11. The Morgan fingerprint density at radius 3 is 2.30 bits per heavy atom. The Morgan fingerprint density at radius 2 is 2.00 bits per heavy atom. The van der Waals surface area contributed by atoms with Crippen molar-refractivity contribution in [2.75, 3.05) is 0 Å². The predicted molar refractivity (Wildman–Crippen MR) is 38.1 cm³/mol. The molecule has 0 saturated carbocycles. The van der Waals surface area contributed by atoms with Crippen molar-refractivity contribution >= 4 is 17.6 Å². The lowest BCUT2D eigenvalue weighted by Crippen LogP contribution is -1.98. The van der Waals surface area contributed by atoms with Crippen LogP contribution in [0.2, 0.25) is 0 Å². The number of rotatable bonds is 3. The lowest BCUT2D eigenvalue weighted by Gasteiger charge is -1.96. The van der Waals surface area contributed by atoms with Gasteiger partial charge in [-0.1, -0.05) is 18.5 Å². The molecule has 0 aliphatic carbocycles. The first-order chi connectivity index (χ1) is 4.59. The Kier molecular flexibility index (Phi) is 3.88. The van der Waals surface area contributed by atoms with Crippen molar-refractivity contribution in [1.82, 2.24) is 0 Å². The first-order valence-corrected chi connectivity index (χ1v) is 3.28. The topological polar surface area (TPSA) is 57.5 Å². The minimum atomic E-state index is -1.28. The number of aliphatic carboxylic acids is 1. The highest BCUT2D eigenvalue weighted by atomic mass is 35.5. The molecule has 0 fully saturated rings. The Balaban J connectivity index is 4.19. The van der Waals surface area contributed by atoms with Gasteiger partial charge in [-0.15, -0.1) is 0 Å². The molecule has 0 aliphatic rings. The van der Waals surface area contributed by atoms with E-state index in [0.29, 0.717) is 12.8 Å². The zero-order valence-electron chi connectivity index (χ0n) is 5.59. The first kappa shape index (κ1) is 9.30. The summed E-state index contributed by atoms with van der Waals surface area (Å²) in [5.74, 6) is -1.54. The molecular formula is C6H9ClO3. The van der Waals surface area contributed by atoms with Crippen molar-refractivity contribution in [3.63, 3.8) is 0 Å². The van der Waals surface area contributed by atoms with Crippen molar-refractivity contribution in [1.29, 1.82) is 0 Å². The van der Waals surface area contributed by atoms with E-state index in [1.165, 1.54) is 0 Å². The van der Waals surface area contributed by atoms with Crippen LogP contribution in [0.1, 0.15) is 19.8 Å². The Morgan fingerprint density at radius 1 is 1.50 bits per heavy atom. The molecule has 0 saturated heterocycles. The molecule has 0 heterocycles. The number of hydrogen-bond acceptors (Lipinski definition) is 2. The molecule has 10 heavy (non-hydrogen) atoms. The van der Waals surface area contributed by atoms with Gasteiger partial charge in [0.05, 0.1) is 0 Å². The summed E-state index contributed by atoms with van der Waals surface area (Å²) in [4.78, 5) is 10.1. The van der Waals surface area contributed by atoms with Gasteiger partial charge in [-0.2, -0.15) is 0 Å². The van der Waals surface area contributed by atoms with Crippen LogP contribution in [0.4, 0.5) is 0 Å². The molecular weight excluding hydrogens is 156 g/mol. The minimum Gasteiger partial charge on any atom is -0.510 e. The van der Waals surface area contributed by atoms with E-state index in [4.69, 9.17) is 21.8 Å². The zero-order valence-corrected chi connectivity index (χ0v) is 6.35. The summed E-state index contributed by atoms with van der Waals surface area (Å²) < 4.78 is 0. The smallest absolute Gasteiger partial charge is 0.350 e. The van der Waals surface area contributed by atoms with Crippen LogP contribution in [-0.2, 0) is 4.79 Å². The molecule has 2 N–H and O–H groups in total. The normalized spacial score (nSPS) is 12.6. The van der Waals surface area contributed by atoms with Gasteiger partial charge in [0.25, 0.3) is 0 Å². The highest BCUT2D eigenvalue weighted by molar-refractivity contribution is 6.41. The number of aliphatic hydroxyl groups is 1. The summed E-state index contributed by atoms with van der Waals surface area (Å²) in [5, 5.41) is 16.6. The van der Waals surface area contributed by atoms with Crippen LogP contribution in [0, 0.1) is 0 Å². The minimum absolute atomic E-state index is 0.253. The third-order valence-corrected chi connectivity index (χ3v) is 1.31. The molecule has 0 aromatic carbocycles. The van der Waals surface area contributed by atoms with E-state index in [1.54, 1.807) is 0 Å². The standard InChI is InChI=1S/C6H9ClO3/c1-2-3-4(8)5(7)6(9)10/h8H,2-3H2,1H3,(H,9,10)/b5-4-. The molecule has 0 unspecified atom stereocenters. The molecule has 4 heteroatoms. The van der Waals surface area contributed by atoms with E-state index in [2.05, 4.69) is 0 Å². The van der Waals surface area contributed by atoms with E-state index in [0.717, 1.165) is 0 Å². The summed E-state index contributed by atoms with van der Waals surface area (Å²) in [6, 6.07) is 0. The van der Waals surface area contributed by atoms with Gasteiger partial charge >= 0.3 is 5.97 Å². The number of carbonyl (C=O) groups is 1. The largest absolute Gasteiger partial charge is 0.510 e. The van der Waals surface area contributed by atoms with Gasteiger partial charge in [0.2, 0.25) is 0 Å². The van der Waals surface area contributed by atoms with Gasteiger partial charge < -0.3 is 10.2 Å². The van der Waals surface area contributed by atoms with Gasteiger partial charge in [-0.3, -0.25) is 0 Å². The van der Waals surface area contributed by atoms with Crippen LogP contribution in [-0.4, -0.2) is 16.2 Å². The van der Waals surface area contributed by atoms with Crippen LogP contribution in [0.25, 0.3) is 0 Å². The second-order valence-electron chi connectivity index (χ2n) is 1.82. The Hall–Kier alpha value is -0.700. The van der Waals surface area contributed by atoms with E-state index >= 15 is 0 Å². The van der Waals surface area contributed by atoms with Gasteiger partial charge in [-0.25, -0.2) is 4.79 Å². The molecule has 0 radical (unpaired) electrons. The van der Waals surface area contributed by atoms with Crippen molar-refractivity contribution in [2.45, 2.75) is 19.8 Å². The van der Waals surface area contributed by atoms with Crippen molar-refractivity contribution < 1.29 is 15.0 Å². The molecule has 0 amide bonds. The third kappa shape index (κ3) is 2.73. The molecule has 0 aromatic rings. The summed E-state index contributed by atoms with van der Waals surface area (Å²) in [7, 11) is 0. The third-order valence-electron chi connectivity index (χ3n) is 0.928. The number of allylic oxidation sites excluding steroid dienone is 1. The molecule has 0 aliphatic heterocycles. The maximum absolute atomic E-state index is 10.1. The van der Waals surface area contributed by atoms with Crippen LogP contribution < -0.4 is 0 Å². The van der Waals surface area contributed by atoms with Crippen LogP contribution in [0.5, 0.6) is 0 Å². The Bertz CT molecular complexity index is 162. The molecule has 0 rings (SSSR count). The van der Waals surface area contributed by atoms with Crippen molar-refractivity contribution in [3.05, 3.63) is 10.8 Å². The fourth-order valence-electron chi connectivity index (χ4n) is 0.470. The van der Waals surface area contributed by atoms with Gasteiger partial charge in [-0.05, 0) is 6.42 Å². The summed E-state index contributed by atoms with van der Waals surface area (Å²) in [6.45, 7) is 1.82. The predicted octanol–water partition coefficient (Wildman–Crippen LogP) is 1.88. The molecule has 3 nitrogen and oxygen atoms in total. The second kappa shape index (κ2) is 4.17. The number of carboxylic acid groups (broad SMARTS) is 1. The molecule has 0 aromatic heterocycles. The number of carboxylic acids is 1. The number of aliphatic hydroxyl groups excluding tert-OH is 1. The highest BCUT2D eigenvalue weighted by Gasteiger charge is 2.08. The van der Waals surface area contributed by atoms with Crippen LogP contribution in [0.15, 0.2) is 10.8 Å². The van der Waals surface area contributed by atoms with E-state index < -0.39 is 11.0 Å². The fraction of sp³-hybridized carbons (Fsp3) is 0.500. The second-order valence-corrected chi connectivity index (χ2v) is 2.19. The van der Waals surface area contributed by atoms with Crippen LogP contribution in [0.3, 0.4) is 0 Å². The lowest BCUT2D eigenvalue weighted by atomic mass is 10.3. The lowest BCUT2D eigenvalue weighted by molar-refractivity contribution is -0.132. The molecule has 0 bridgehead atoms.